The Balaban J connectivity index is 1.59. The number of nitrogens with one attached hydrogen (secondary N) is 1. The smallest absolute Gasteiger partial charge is 0.338 e. The van der Waals surface area contributed by atoms with Crippen LogP contribution in [-0.2, 0) is 11.2 Å². The van der Waals surface area contributed by atoms with Crippen LogP contribution in [0.4, 0.5) is 10.5 Å². The number of halogens is 1. The Bertz CT molecular complexity index is 1080. The van der Waals surface area contributed by atoms with Crippen molar-refractivity contribution in [1.29, 1.82) is 0 Å². The van der Waals surface area contributed by atoms with Gasteiger partial charge in [0, 0.05) is 17.3 Å². The number of carbonyl (C=O) groups excluding carboxylic acids is 2. The number of hydrogen-bond donors (Lipinski definition) is 1. The van der Waals surface area contributed by atoms with Crippen LogP contribution in [0.2, 0.25) is 5.02 Å². The third kappa shape index (κ3) is 4.57. The van der Waals surface area contributed by atoms with Crippen LogP contribution in [0, 0.1) is 0 Å². The van der Waals surface area contributed by atoms with Gasteiger partial charge in [-0.3, -0.25) is 0 Å². The standard InChI is InChI=1S/C25H23ClN2O3/c1-2-31-24(29)19-9-13-21(14-10-19)27-25(30)28-16-15-17-5-3-4-6-22(17)23(28)18-7-11-20(26)12-8-18/h3-14,23H,2,15-16H2,1H3,(H,27,30)/t23-/m1/s1. The summed E-state index contributed by atoms with van der Waals surface area (Å²) < 4.78 is 5.00. The predicted molar refractivity (Wildman–Crippen MR) is 122 cm³/mol. The number of esters is 1. The Morgan fingerprint density at radius 3 is 2.45 bits per heavy atom. The molecule has 1 aliphatic heterocycles. The van der Waals surface area contributed by atoms with Crippen molar-refractivity contribution < 1.29 is 14.3 Å². The van der Waals surface area contributed by atoms with E-state index < -0.39 is 0 Å². The average molecular weight is 435 g/mol. The summed E-state index contributed by atoms with van der Waals surface area (Å²) >= 11 is 6.09. The summed E-state index contributed by atoms with van der Waals surface area (Å²) in [6, 6.07) is 22.1. The average Bonchev–Trinajstić information content (AvgIpc) is 2.79. The Hall–Kier alpha value is -3.31. The second kappa shape index (κ2) is 9.23. The van der Waals surface area contributed by atoms with Gasteiger partial charge in [-0.2, -0.15) is 0 Å². The molecule has 0 spiro atoms. The van der Waals surface area contributed by atoms with E-state index in [9.17, 15) is 9.59 Å². The van der Waals surface area contributed by atoms with E-state index in [1.165, 1.54) is 5.56 Å². The van der Waals surface area contributed by atoms with Gasteiger partial charge in [0.2, 0.25) is 0 Å². The molecule has 0 bridgehead atoms. The van der Waals surface area contributed by atoms with Gasteiger partial charge in [0.1, 0.15) is 0 Å². The van der Waals surface area contributed by atoms with Crippen molar-refractivity contribution >= 4 is 29.3 Å². The number of anilines is 1. The molecule has 158 valence electrons. The molecule has 0 aliphatic carbocycles. The third-order valence-corrected chi connectivity index (χ3v) is 5.63. The van der Waals surface area contributed by atoms with Crippen molar-refractivity contribution in [1.82, 2.24) is 4.90 Å². The number of benzene rings is 3. The summed E-state index contributed by atoms with van der Waals surface area (Å²) in [4.78, 5) is 26.9. The number of carbonyl (C=O) groups is 2. The van der Waals surface area contributed by atoms with Crippen molar-refractivity contribution in [2.75, 3.05) is 18.5 Å². The molecule has 4 rings (SSSR count). The minimum Gasteiger partial charge on any atom is -0.462 e. The van der Waals surface area contributed by atoms with E-state index >= 15 is 0 Å². The van der Waals surface area contributed by atoms with Gasteiger partial charge in [0.25, 0.3) is 0 Å². The largest absolute Gasteiger partial charge is 0.462 e. The highest BCUT2D eigenvalue weighted by Gasteiger charge is 2.32. The van der Waals surface area contributed by atoms with E-state index in [-0.39, 0.29) is 18.0 Å². The Labute approximate surface area is 186 Å². The van der Waals surface area contributed by atoms with Gasteiger partial charge < -0.3 is 15.0 Å². The highest BCUT2D eigenvalue weighted by Crippen LogP contribution is 2.36. The van der Waals surface area contributed by atoms with E-state index in [1.54, 1.807) is 31.2 Å². The maximum Gasteiger partial charge on any atom is 0.338 e. The molecule has 0 fully saturated rings. The molecule has 1 N–H and O–H groups in total. The Morgan fingerprint density at radius 2 is 1.74 bits per heavy atom. The normalized spacial score (nSPS) is 15.2. The van der Waals surface area contributed by atoms with Gasteiger partial charge in [-0.1, -0.05) is 48.0 Å². The van der Waals surface area contributed by atoms with Gasteiger partial charge in [-0.05, 0) is 66.4 Å². The molecule has 0 saturated heterocycles. The monoisotopic (exact) mass is 434 g/mol. The first-order chi connectivity index (χ1) is 15.1. The van der Waals surface area contributed by atoms with Crippen LogP contribution in [-0.4, -0.2) is 30.1 Å². The molecule has 3 aromatic rings. The number of amides is 2. The molecular weight excluding hydrogens is 412 g/mol. The lowest BCUT2D eigenvalue weighted by Gasteiger charge is -2.37. The van der Waals surface area contributed by atoms with Gasteiger partial charge in [0.15, 0.2) is 0 Å². The molecule has 0 saturated carbocycles. The number of hydrogen-bond acceptors (Lipinski definition) is 3. The highest BCUT2D eigenvalue weighted by atomic mass is 35.5. The zero-order chi connectivity index (χ0) is 21.8. The van der Waals surface area contributed by atoms with Gasteiger partial charge in [-0.25, -0.2) is 9.59 Å². The summed E-state index contributed by atoms with van der Waals surface area (Å²) in [5.74, 6) is -0.379. The lowest BCUT2D eigenvalue weighted by atomic mass is 9.88. The quantitative estimate of drug-likeness (QED) is 0.536. The molecule has 0 aromatic heterocycles. The molecule has 1 heterocycles. The molecule has 31 heavy (non-hydrogen) atoms. The molecule has 6 heteroatoms. The Kier molecular flexibility index (Phi) is 6.23. The summed E-state index contributed by atoms with van der Waals surface area (Å²) in [6.07, 6.45) is 0.787. The molecule has 1 aliphatic rings. The molecule has 2 amide bonds. The molecule has 3 aromatic carbocycles. The Morgan fingerprint density at radius 1 is 1.03 bits per heavy atom. The number of rotatable bonds is 4. The second-order valence-electron chi connectivity index (χ2n) is 7.32. The maximum absolute atomic E-state index is 13.2. The van der Waals surface area contributed by atoms with Gasteiger partial charge >= 0.3 is 12.0 Å². The van der Waals surface area contributed by atoms with Crippen molar-refractivity contribution in [2.24, 2.45) is 0 Å². The number of fused-ring (bicyclic) bond motifs is 1. The van der Waals surface area contributed by atoms with Gasteiger partial charge in [-0.15, -0.1) is 0 Å². The molecular formula is C25H23ClN2O3. The van der Waals surface area contributed by atoms with Crippen LogP contribution in [0.25, 0.3) is 0 Å². The lowest BCUT2D eigenvalue weighted by molar-refractivity contribution is 0.0526. The van der Waals surface area contributed by atoms with E-state index in [0.29, 0.717) is 29.4 Å². The fourth-order valence-corrected chi connectivity index (χ4v) is 4.02. The van der Waals surface area contributed by atoms with Crippen molar-refractivity contribution in [3.05, 3.63) is 100 Å². The van der Waals surface area contributed by atoms with Crippen LogP contribution < -0.4 is 5.32 Å². The summed E-state index contributed by atoms with van der Waals surface area (Å²) in [5, 5.41) is 3.62. The van der Waals surface area contributed by atoms with E-state index in [2.05, 4.69) is 17.4 Å². The van der Waals surface area contributed by atoms with E-state index in [0.717, 1.165) is 17.5 Å². The molecule has 1 atom stereocenters. The third-order valence-electron chi connectivity index (χ3n) is 5.38. The van der Waals surface area contributed by atoms with Crippen LogP contribution >= 0.6 is 11.6 Å². The van der Waals surface area contributed by atoms with Crippen LogP contribution in [0.3, 0.4) is 0 Å². The topological polar surface area (TPSA) is 58.6 Å². The lowest BCUT2D eigenvalue weighted by Crippen LogP contribution is -2.43. The molecule has 5 nitrogen and oxygen atoms in total. The number of nitrogens with zero attached hydrogens (tertiary/aromatic N) is 1. The van der Waals surface area contributed by atoms with Crippen molar-refractivity contribution in [3.8, 4) is 0 Å². The second-order valence-corrected chi connectivity index (χ2v) is 7.76. The minimum atomic E-state index is -0.379. The summed E-state index contributed by atoms with van der Waals surface area (Å²) in [5.41, 5.74) is 4.43. The zero-order valence-corrected chi connectivity index (χ0v) is 17.9. The highest BCUT2D eigenvalue weighted by molar-refractivity contribution is 6.30. The van der Waals surface area contributed by atoms with Crippen molar-refractivity contribution in [2.45, 2.75) is 19.4 Å². The summed E-state index contributed by atoms with van der Waals surface area (Å²) in [7, 11) is 0. The van der Waals surface area contributed by atoms with E-state index in [1.807, 2.05) is 41.3 Å². The SMILES string of the molecule is CCOC(=O)c1ccc(NC(=O)N2CCc3ccccc3[C@H]2c2ccc(Cl)cc2)cc1. The predicted octanol–water partition coefficient (Wildman–Crippen LogP) is 5.70. The summed E-state index contributed by atoms with van der Waals surface area (Å²) in [6.45, 7) is 2.68. The maximum atomic E-state index is 13.2. The van der Waals surface area contributed by atoms with Crippen LogP contribution in [0.1, 0.15) is 40.0 Å². The number of urea groups is 1. The first kappa shape index (κ1) is 20.9. The first-order valence-corrected chi connectivity index (χ1v) is 10.6. The van der Waals surface area contributed by atoms with E-state index in [4.69, 9.17) is 16.3 Å². The molecule has 0 unspecified atom stereocenters. The van der Waals surface area contributed by atoms with Crippen LogP contribution in [0.5, 0.6) is 0 Å². The van der Waals surface area contributed by atoms with Crippen LogP contribution in [0.15, 0.2) is 72.8 Å². The fourth-order valence-electron chi connectivity index (χ4n) is 3.89. The fraction of sp³-hybridized carbons (Fsp3) is 0.200. The van der Waals surface area contributed by atoms with Gasteiger partial charge in [0.05, 0.1) is 18.2 Å². The number of ether oxygens (including phenoxy) is 1. The first-order valence-electron chi connectivity index (χ1n) is 10.2. The zero-order valence-electron chi connectivity index (χ0n) is 17.2. The van der Waals surface area contributed by atoms with Crippen molar-refractivity contribution in [3.63, 3.8) is 0 Å². The molecule has 0 radical (unpaired) electrons. The minimum absolute atomic E-state index is 0.196.